The molecule has 0 heterocycles. The van der Waals surface area contributed by atoms with E-state index in [2.05, 4.69) is 10.6 Å². The number of carbonyl (C=O) groups is 3. The molecule has 9 heteroatoms. The summed E-state index contributed by atoms with van der Waals surface area (Å²) < 4.78 is 0. The Morgan fingerprint density at radius 2 is 1.84 bits per heavy atom. The number of carboxylic acids is 1. The van der Waals surface area contributed by atoms with Crippen LogP contribution in [0.5, 0.6) is 0 Å². The normalized spacial score (nSPS) is 13.4. The number of nitrogens with two attached hydrogens (primary N) is 2. The zero-order valence-electron chi connectivity index (χ0n) is 10.5. The van der Waals surface area contributed by atoms with Crippen LogP contribution in [0, 0.1) is 0 Å². The van der Waals surface area contributed by atoms with Gasteiger partial charge in [0.25, 0.3) is 0 Å². The molecule has 0 bridgehead atoms. The summed E-state index contributed by atoms with van der Waals surface area (Å²) in [5.74, 6) is -2.17. The molecule has 19 heavy (non-hydrogen) atoms. The Morgan fingerprint density at radius 1 is 1.21 bits per heavy atom. The second kappa shape index (κ2) is 9.25. The van der Waals surface area contributed by atoms with Crippen molar-refractivity contribution in [2.24, 2.45) is 11.5 Å². The van der Waals surface area contributed by atoms with Crippen LogP contribution in [0.25, 0.3) is 0 Å². The van der Waals surface area contributed by atoms with E-state index in [0.717, 1.165) is 0 Å². The number of hydrogen-bond donors (Lipinski definition) is 6. The Kier molecular flexibility index (Phi) is 8.42. The maximum Gasteiger partial charge on any atom is 0.322 e. The Bertz CT molecular complexity index is 323. The molecule has 0 saturated carbocycles. The van der Waals surface area contributed by atoms with Gasteiger partial charge >= 0.3 is 5.97 Å². The highest BCUT2D eigenvalue weighted by Crippen LogP contribution is 1.95. The monoisotopic (exact) mass is 276 g/mol. The van der Waals surface area contributed by atoms with Crippen LogP contribution in [-0.2, 0) is 14.4 Å². The minimum atomic E-state index is -1.17. The number of carboxylic acid groups (broad SMARTS) is 1. The highest BCUT2D eigenvalue weighted by atomic mass is 16.4. The summed E-state index contributed by atoms with van der Waals surface area (Å²) in [6, 6.07) is -0.954. The molecule has 2 atom stereocenters. The van der Waals surface area contributed by atoms with Crippen molar-refractivity contribution >= 4 is 17.8 Å². The number of carbonyl (C=O) groups excluding carboxylic acids is 2. The number of nitrogens with one attached hydrogen (secondary N) is 2. The zero-order valence-corrected chi connectivity index (χ0v) is 10.5. The van der Waals surface area contributed by atoms with Crippen LogP contribution in [0.15, 0.2) is 0 Å². The highest BCUT2D eigenvalue weighted by molar-refractivity contribution is 5.85. The number of aliphatic hydroxyl groups excluding tert-OH is 1. The lowest BCUT2D eigenvalue weighted by Crippen LogP contribution is -2.43. The van der Waals surface area contributed by atoms with Crippen molar-refractivity contribution < 1.29 is 24.6 Å². The Balaban J connectivity index is 3.82. The van der Waals surface area contributed by atoms with E-state index in [0.29, 0.717) is 0 Å². The minimum Gasteiger partial charge on any atom is -0.480 e. The molecule has 9 nitrogen and oxygen atoms in total. The molecule has 0 spiro atoms. The molecule has 0 aromatic rings. The van der Waals surface area contributed by atoms with E-state index in [-0.39, 0.29) is 31.8 Å². The molecular weight excluding hydrogens is 256 g/mol. The number of amides is 2. The fraction of sp³-hybridized carbons (Fsp3) is 0.700. The SMILES string of the molecule is NCC(O)CNC(=O)CC[C@H](N)C(=O)NCC(=O)O. The maximum absolute atomic E-state index is 11.3. The van der Waals surface area contributed by atoms with Gasteiger partial charge in [0.1, 0.15) is 6.54 Å². The lowest BCUT2D eigenvalue weighted by atomic mass is 10.1. The van der Waals surface area contributed by atoms with Crippen molar-refractivity contribution in [3.8, 4) is 0 Å². The standard InChI is InChI=1S/C10H20N4O5/c11-3-6(15)4-13-8(16)2-1-7(12)10(19)14-5-9(17)18/h6-7,15H,1-5,11-12H2,(H,13,16)(H,14,19)(H,17,18)/t6?,7-/m0/s1. The first-order valence-electron chi connectivity index (χ1n) is 5.76. The molecule has 0 rings (SSSR count). The quantitative estimate of drug-likeness (QED) is 0.257. The molecule has 0 aliphatic heterocycles. The van der Waals surface area contributed by atoms with Gasteiger partial charge in [-0.15, -0.1) is 0 Å². The molecule has 0 aromatic carbocycles. The molecule has 110 valence electrons. The van der Waals surface area contributed by atoms with Crippen molar-refractivity contribution in [1.82, 2.24) is 10.6 Å². The Hall–Kier alpha value is -1.71. The van der Waals surface area contributed by atoms with E-state index in [1.165, 1.54) is 0 Å². The summed E-state index contributed by atoms with van der Waals surface area (Å²) in [6.45, 7) is -0.436. The van der Waals surface area contributed by atoms with Crippen LogP contribution in [0.2, 0.25) is 0 Å². The van der Waals surface area contributed by atoms with Gasteiger partial charge in [0.2, 0.25) is 11.8 Å². The van der Waals surface area contributed by atoms with Crippen LogP contribution in [0.4, 0.5) is 0 Å². The summed E-state index contributed by atoms with van der Waals surface area (Å²) in [6.07, 6.45) is -0.730. The van der Waals surface area contributed by atoms with E-state index in [4.69, 9.17) is 21.7 Å². The maximum atomic E-state index is 11.3. The lowest BCUT2D eigenvalue weighted by molar-refractivity contribution is -0.138. The third-order valence-corrected chi connectivity index (χ3v) is 2.24. The average Bonchev–Trinajstić information content (AvgIpc) is 2.38. The van der Waals surface area contributed by atoms with Gasteiger partial charge in [-0.05, 0) is 6.42 Å². The van der Waals surface area contributed by atoms with Crippen molar-refractivity contribution in [3.63, 3.8) is 0 Å². The van der Waals surface area contributed by atoms with Gasteiger partial charge in [-0.25, -0.2) is 0 Å². The molecule has 2 amide bonds. The van der Waals surface area contributed by atoms with E-state index in [1.54, 1.807) is 0 Å². The predicted molar refractivity (Wildman–Crippen MR) is 65.9 cm³/mol. The molecule has 0 fully saturated rings. The molecule has 8 N–H and O–H groups in total. The third-order valence-electron chi connectivity index (χ3n) is 2.24. The van der Waals surface area contributed by atoms with E-state index < -0.39 is 30.6 Å². The second-order valence-corrected chi connectivity index (χ2v) is 3.95. The average molecular weight is 276 g/mol. The van der Waals surface area contributed by atoms with Crippen LogP contribution < -0.4 is 22.1 Å². The van der Waals surface area contributed by atoms with Crippen molar-refractivity contribution in [3.05, 3.63) is 0 Å². The molecule has 1 unspecified atom stereocenters. The van der Waals surface area contributed by atoms with E-state index in [1.807, 2.05) is 0 Å². The van der Waals surface area contributed by atoms with Crippen molar-refractivity contribution in [2.75, 3.05) is 19.6 Å². The van der Waals surface area contributed by atoms with Gasteiger partial charge in [0, 0.05) is 19.5 Å². The third kappa shape index (κ3) is 8.94. The van der Waals surface area contributed by atoms with Gasteiger partial charge in [-0.2, -0.15) is 0 Å². The van der Waals surface area contributed by atoms with Gasteiger partial charge < -0.3 is 32.3 Å². The first-order valence-corrected chi connectivity index (χ1v) is 5.76. The summed E-state index contributed by atoms with van der Waals surface area (Å²) >= 11 is 0. The van der Waals surface area contributed by atoms with Crippen LogP contribution in [0.1, 0.15) is 12.8 Å². The van der Waals surface area contributed by atoms with E-state index >= 15 is 0 Å². The molecule has 0 radical (unpaired) electrons. The van der Waals surface area contributed by atoms with E-state index in [9.17, 15) is 14.4 Å². The Labute approximate surface area is 110 Å². The van der Waals surface area contributed by atoms with Crippen molar-refractivity contribution in [2.45, 2.75) is 25.0 Å². The number of aliphatic carboxylic acids is 1. The molecular formula is C10H20N4O5. The molecule has 0 saturated heterocycles. The second-order valence-electron chi connectivity index (χ2n) is 3.95. The molecule has 0 aliphatic carbocycles. The number of hydrogen-bond acceptors (Lipinski definition) is 6. The van der Waals surface area contributed by atoms with Gasteiger partial charge in [0.15, 0.2) is 0 Å². The summed E-state index contributed by atoms with van der Waals surface area (Å²) in [5, 5.41) is 22.0. The summed E-state index contributed by atoms with van der Waals surface area (Å²) in [4.78, 5) is 32.8. The van der Waals surface area contributed by atoms with Crippen LogP contribution in [-0.4, -0.2) is 59.8 Å². The minimum absolute atomic E-state index is 0.00104. The zero-order chi connectivity index (χ0) is 14.8. The van der Waals surface area contributed by atoms with Gasteiger partial charge in [-0.3, -0.25) is 14.4 Å². The lowest BCUT2D eigenvalue weighted by Gasteiger charge is -2.12. The first-order chi connectivity index (χ1) is 8.86. The summed E-state index contributed by atoms with van der Waals surface area (Å²) in [5.41, 5.74) is 10.6. The highest BCUT2D eigenvalue weighted by Gasteiger charge is 2.15. The number of aliphatic hydroxyl groups is 1. The van der Waals surface area contributed by atoms with Gasteiger partial charge in [-0.1, -0.05) is 0 Å². The predicted octanol–water partition coefficient (Wildman–Crippen LogP) is -3.27. The topological polar surface area (TPSA) is 168 Å². The van der Waals surface area contributed by atoms with Crippen LogP contribution in [0.3, 0.4) is 0 Å². The molecule has 0 aromatic heterocycles. The Morgan fingerprint density at radius 3 is 2.37 bits per heavy atom. The van der Waals surface area contributed by atoms with Gasteiger partial charge in [0.05, 0.1) is 12.1 Å². The largest absolute Gasteiger partial charge is 0.480 e. The smallest absolute Gasteiger partial charge is 0.322 e. The fourth-order valence-electron chi connectivity index (χ4n) is 1.11. The number of rotatable bonds is 9. The molecule has 0 aliphatic rings. The fourth-order valence-corrected chi connectivity index (χ4v) is 1.11. The van der Waals surface area contributed by atoms with Crippen molar-refractivity contribution in [1.29, 1.82) is 0 Å². The van der Waals surface area contributed by atoms with Crippen LogP contribution >= 0.6 is 0 Å². The summed E-state index contributed by atoms with van der Waals surface area (Å²) in [7, 11) is 0. The first kappa shape index (κ1) is 17.3.